The topological polar surface area (TPSA) is 119 Å². The number of piperazine rings is 1. The van der Waals surface area contributed by atoms with E-state index in [2.05, 4.69) is 10.2 Å². The molecule has 2 amide bonds. The Morgan fingerprint density at radius 2 is 1.81 bits per heavy atom. The standard InChI is InChI=1S/C18H25N3O6/c1-18(2)11-20(17(26)19-14(16(24)25)10-15(22)23)8-9-21(18)12-4-6-13(27-3)7-5-12/h4-7,14H,8-11H2,1-3H3,(H,19,26)(H,22,23)(H,24,25)/t14-/m1/s1. The summed E-state index contributed by atoms with van der Waals surface area (Å²) >= 11 is 0. The maximum Gasteiger partial charge on any atom is 0.326 e. The molecule has 1 fully saturated rings. The second kappa shape index (κ2) is 8.15. The molecule has 0 saturated carbocycles. The van der Waals surface area contributed by atoms with E-state index < -0.39 is 36.0 Å². The molecule has 0 spiro atoms. The minimum Gasteiger partial charge on any atom is -0.497 e. The first-order valence-electron chi connectivity index (χ1n) is 8.56. The molecule has 1 aliphatic rings. The maximum absolute atomic E-state index is 12.4. The highest BCUT2D eigenvalue weighted by atomic mass is 16.5. The molecular formula is C18H25N3O6. The number of nitrogens with one attached hydrogen (secondary N) is 1. The van der Waals surface area contributed by atoms with Crippen LogP contribution in [-0.4, -0.2) is 71.4 Å². The predicted molar refractivity (Wildman–Crippen MR) is 98.2 cm³/mol. The van der Waals surface area contributed by atoms with Crippen LogP contribution in [0.2, 0.25) is 0 Å². The number of carboxylic acid groups (broad SMARTS) is 2. The fourth-order valence-corrected chi connectivity index (χ4v) is 3.18. The first-order valence-corrected chi connectivity index (χ1v) is 8.56. The number of ether oxygens (including phenoxy) is 1. The molecule has 0 radical (unpaired) electrons. The van der Waals surface area contributed by atoms with Gasteiger partial charge in [0.15, 0.2) is 0 Å². The lowest BCUT2D eigenvalue weighted by Gasteiger charge is -2.48. The molecule has 0 aliphatic carbocycles. The second-order valence-corrected chi connectivity index (χ2v) is 7.02. The number of nitrogens with zero attached hydrogens (tertiary/aromatic N) is 2. The van der Waals surface area contributed by atoms with E-state index in [1.807, 2.05) is 38.1 Å². The van der Waals surface area contributed by atoms with E-state index in [1.54, 1.807) is 7.11 Å². The van der Waals surface area contributed by atoms with Gasteiger partial charge >= 0.3 is 18.0 Å². The van der Waals surface area contributed by atoms with Crippen molar-refractivity contribution >= 4 is 23.7 Å². The number of carboxylic acids is 2. The molecule has 1 aliphatic heterocycles. The molecule has 0 unspecified atom stereocenters. The van der Waals surface area contributed by atoms with Crippen LogP contribution in [0.4, 0.5) is 10.5 Å². The smallest absolute Gasteiger partial charge is 0.326 e. The van der Waals surface area contributed by atoms with Crippen molar-refractivity contribution in [1.82, 2.24) is 10.2 Å². The number of urea groups is 1. The maximum atomic E-state index is 12.4. The summed E-state index contributed by atoms with van der Waals surface area (Å²) in [6, 6.07) is 5.60. The number of carbonyl (C=O) groups is 3. The lowest BCUT2D eigenvalue weighted by atomic mass is 9.97. The average molecular weight is 379 g/mol. The Kier molecular flexibility index (Phi) is 6.14. The number of anilines is 1. The molecule has 1 aromatic rings. The number of rotatable bonds is 6. The molecule has 1 atom stereocenters. The van der Waals surface area contributed by atoms with Crippen LogP contribution in [0.1, 0.15) is 20.3 Å². The van der Waals surface area contributed by atoms with E-state index >= 15 is 0 Å². The van der Waals surface area contributed by atoms with Crippen LogP contribution in [-0.2, 0) is 9.59 Å². The summed E-state index contributed by atoms with van der Waals surface area (Å²) < 4.78 is 5.17. The Morgan fingerprint density at radius 3 is 2.30 bits per heavy atom. The van der Waals surface area contributed by atoms with Crippen LogP contribution in [0, 0.1) is 0 Å². The molecule has 9 nitrogen and oxygen atoms in total. The molecule has 3 N–H and O–H groups in total. The summed E-state index contributed by atoms with van der Waals surface area (Å²) in [5.41, 5.74) is 0.602. The van der Waals surface area contributed by atoms with E-state index in [0.717, 1.165) is 11.4 Å². The molecule has 0 aromatic heterocycles. The lowest BCUT2D eigenvalue weighted by Crippen LogP contribution is -2.63. The van der Waals surface area contributed by atoms with Gasteiger partial charge in [0, 0.05) is 25.3 Å². The average Bonchev–Trinajstić information content (AvgIpc) is 2.60. The first kappa shape index (κ1) is 20.3. The van der Waals surface area contributed by atoms with Crippen LogP contribution in [0.15, 0.2) is 24.3 Å². The van der Waals surface area contributed by atoms with Gasteiger partial charge in [0.1, 0.15) is 11.8 Å². The van der Waals surface area contributed by atoms with E-state index in [4.69, 9.17) is 14.9 Å². The van der Waals surface area contributed by atoms with Crippen LogP contribution >= 0.6 is 0 Å². The van der Waals surface area contributed by atoms with Gasteiger partial charge in [-0.2, -0.15) is 0 Å². The van der Waals surface area contributed by atoms with Crippen LogP contribution in [0.3, 0.4) is 0 Å². The van der Waals surface area contributed by atoms with Gasteiger partial charge in [0.25, 0.3) is 0 Å². The molecule has 2 rings (SSSR count). The SMILES string of the molecule is COc1ccc(N2CCN(C(=O)N[C@H](CC(=O)O)C(=O)O)CC2(C)C)cc1. The number of methoxy groups -OCH3 is 1. The third kappa shape index (κ3) is 5.02. The van der Waals surface area contributed by atoms with Gasteiger partial charge in [0.05, 0.1) is 19.1 Å². The quantitative estimate of drug-likeness (QED) is 0.680. The molecule has 0 bridgehead atoms. The summed E-state index contributed by atoms with van der Waals surface area (Å²) in [7, 11) is 1.60. The van der Waals surface area contributed by atoms with E-state index in [1.165, 1.54) is 4.90 Å². The number of hydrogen-bond donors (Lipinski definition) is 3. The largest absolute Gasteiger partial charge is 0.497 e. The number of benzene rings is 1. The van der Waals surface area contributed by atoms with Gasteiger partial charge in [-0.15, -0.1) is 0 Å². The number of aliphatic carboxylic acids is 2. The van der Waals surface area contributed by atoms with Crippen molar-refractivity contribution < 1.29 is 29.3 Å². The normalized spacial score (nSPS) is 17.1. The van der Waals surface area contributed by atoms with Crippen molar-refractivity contribution in [2.75, 3.05) is 31.6 Å². The zero-order chi connectivity index (χ0) is 20.2. The zero-order valence-corrected chi connectivity index (χ0v) is 15.6. The molecule has 1 saturated heterocycles. The van der Waals surface area contributed by atoms with E-state index in [-0.39, 0.29) is 0 Å². The van der Waals surface area contributed by atoms with Crippen molar-refractivity contribution in [1.29, 1.82) is 0 Å². The highest BCUT2D eigenvalue weighted by molar-refractivity contribution is 5.86. The summed E-state index contributed by atoms with van der Waals surface area (Å²) in [5, 5.41) is 20.2. The van der Waals surface area contributed by atoms with Crippen LogP contribution in [0.25, 0.3) is 0 Å². The highest BCUT2D eigenvalue weighted by Crippen LogP contribution is 2.29. The molecule has 9 heteroatoms. The minimum absolute atomic E-state index is 0.365. The Morgan fingerprint density at radius 1 is 1.19 bits per heavy atom. The molecule has 1 aromatic carbocycles. The number of hydrogen-bond acceptors (Lipinski definition) is 5. The Labute approximate surface area is 157 Å². The van der Waals surface area contributed by atoms with Crippen LogP contribution < -0.4 is 15.0 Å². The second-order valence-electron chi connectivity index (χ2n) is 7.02. The first-order chi connectivity index (χ1) is 12.6. The van der Waals surface area contributed by atoms with Crippen molar-refractivity contribution in [3.8, 4) is 5.75 Å². The van der Waals surface area contributed by atoms with Gasteiger partial charge < -0.3 is 30.1 Å². The number of carbonyl (C=O) groups excluding carboxylic acids is 1. The third-order valence-corrected chi connectivity index (χ3v) is 4.55. The summed E-state index contributed by atoms with van der Waals surface area (Å²) in [4.78, 5) is 38.0. The van der Waals surface area contributed by atoms with Gasteiger partial charge in [-0.25, -0.2) is 9.59 Å². The monoisotopic (exact) mass is 379 g/mol. The van der Waals surface area contributed by atoms with Crippen molar-refractivity contribution in [3.05, 3.63) is 24.3 Å². The summed E-state index contributed by atoms with van der Waals surface area (Å²) in [6.45, 7) is 5.29. The minimum atomic E-state index is -1.46. The van der Waals surface area contributed by atoms with Crippen molar-refractivity contribution in [3.63, 3.8) is 0 Å². The predicted octanol–water partition coefficient (Wildman–Crippen LogP) is 1.23. The van der Waals surface area contributed by atoms with Gasteiger partial charge in [-0.05, 0) is 38.1 Å². The van der Waals surface area contributed by atoms with Crippen molar-refractivity contribution in [2.24, 2.45) is 0 Å². The number of amides is 2. The van der Waals surface area contributed by atoms with Gasteiger partial charge in [-0.1, -0.05) is 0 Å². The molecule has 1 heterocycles. The summed E-state index contributed by atoms with van der Waals surface area (Å²) in [5.74, 6) is -1.90. The Hall–Kier alpha value is -2.97. The third-order valence-electron chi connectivity index (χ3n) is 4.55. The Balaban J connectivity index is 2.05. The van der Waals surface area contributed by atoms with Crippen LogP contribution in [0.5, 0.6) is 5.75 Å². The van der Waals surface area contributed by atoms with Gasteiger partial charge in [-0.3, -0.25) is 4.79 Å². The molecule has 148 valence electrons. The van der Waals surface area contributed by atoms with E-state index in [0.29, 0.717) is 19.6 Å². The van der Waals surface area contributed by atoms with E-state index in [9.17, 15) is 14.4 Å². The van der Waals surface area contributed by atoms with Gasteiger partial charge in [0.2, 0.25) is 0 Å². The Bertz CT molecular complexity index is 704. The lowest BCUT2D eigenvalue weighted by molar-refractivity contribution is -0.145. The van der Waals surface area contributed by atoms with Crippen molar-refractivity contribution in [2.45, 2.75) is 31.8 Å². The molecular weight excluding hydrogens is 354 g/mol. The fourth-order valence-electron chi connectivity index (χ4n) is 3.18. The summed E-state index contributed by atoms with van der Waals surface area (Å²) in [6.07, 6.45) is -0.670. The fraction of sp³-hybridized carbons (Fsp3) is 0.500. The molecule has 27 heavy (non-hydrogen) atoms. The zero-order valence-electron chi connectivity index (χ0n) is 15.6. The highest BCUT2D eigenvalue weighted by Gasteiger charge is 2.37.